The van der Waals surface area contributed by atoms with E-state index in [0.717, 1.165) is 10.5 Å². The van der Waals surface area contributed by atoms with Crippen LogP contribution in [0.3, 0.4) is 0 Å². The SMILES string of the molecule is CC(=O)N1C2=N/C(=C\c3ccc4c(c3)OCO4)C(=O)N2C(=O)[C@H]1Cc1ccccc1. The molecule has 0 aliphatic carbocycles. The van der Waals surface area contributed by atoms with Crippen molar-refractivity contribution in [1.82, 2.24) is 9.80 Å². The van der Waals surface area contributed by atoms with Gasteiger partial charge >= 0.3 is 0 Å². The van der Waals surface area contributed by atoms with Crippen LogP contribution in [0.4, 0.5) is 0 Å². The van der Waals surface area contributed by atoms with E-state index in [4.69, 9.17) is 9.47 Å². The molecule has 0 spiro atoms. The van der Waals surface area contributed by atoms with Crippen LogP contribution in [0, 0.1) is 0 Å². The Kier molecular flexibility index (Phi) is 4.13. The highest BCUT2D eigenvalue weighted by Crippen LogP contribution is 2.34. The first-order valence-corrected chi connectivity index (χ1v) is 9.45. The quantitative estimate of drug-likeness (QED) is 0.577. The highest BCUT2D eigenvalue weighted by molar-refractivity contribution is 6.29. The summed E-state index contributed by atoms with van der Waals surface area (Å²) in [5.41, 5.74) is 1.66. The van der Waals surface area contributed by atoms with Crippen molar-refractivity contribution in [3.63, 3.8) is 0 Å². The number of hydrogen-bond acceptors (Lipinski definition) is 6. The molecular formula is C22H17N3O5. The summed E-state index contributed by atoms with van der Waals surface area (Å²) in [5.74, 6) is -0.0784. The van der Waals surface area contributed by atoms with E-state index in [2.05, 4.69) is 4.99 Å². The molecule has 0 bridgehead atoms. The number of carbonyl (C=O) groups is 3. The number of amides is 3. The molecule has 1 fully saturated rings. The fourth-order valence-corrected chi connectivity index (χ4v) is 3.80. The first-order valence-electron chi connectivity index (χ1n) is 9.45. The van der Waals surface area contributed by atoms with Crippen molar-refractivity contribution in [3.05, 3.63) is 65.4 Å². The first-order chi connectivity index (χ1) is 14.5. The van der Waals surface area contributed by atoms with Gasteiger partial charge in [-0.3, -0.25) is 19.3 Å². The molecule has 1 saturated heterocycles. The van der Waals surface area contributed by atoms with Crippen molar-refractivity contribution in [3.8, 4) is 11.5 Å². The van der Waals surface area contributed by atoms with Crippen molar-refractivity contribution in [2.45, 2.75) is 19.4 Å². The van der Waals surface area contributed by atoms with E-state index in [1.807, 2.05) is 30.3 Å². The molecule has 3 aliphatic rings. The van der Waals surface area contributed by atoms with Gasteiger partial charge in [0, 0.05) is 13.3 Å². The molecule has 150 valence electrons. The van der Waals surface area contributed by atoms with Crippen LogP contribution in [0.2, 0.25) is 0 Å². The molecule has 0 aromatic heterocycles. The largest absolute Gasteiger partial charge is 0.454 e. The maximum Gasteiger partial charge on any atom is 0.286 e. The minimum Gasteiger partial charge on any atom is -0.454 e. The molecule has 0 N–H and O–H groups in total. The van der Waals surface area contributed by atoms with Gasteiger partial charge in [-0.2, -0.15) is 0 Å². The summed E-state index contributed by atoms with van der Waals surface area (Å²) in [6, 6.07) is 13.8. The number of carbonyl (C=O) groups excluding carboxylic acids is 3. The number of imide groups is 1. The molecule has 1 atom stereocenters. The van der Waals surface area contributed by atoms with Crippen molar-refractivity contribution < 1.29 is 23.9 Å². The summed E-state index contributed by atoms with van der Waals surface area (Å²) >= 11 is 0. The molecule has 3 amide bonds. The summed E-state index contributed by atoms with van der Waals surface area (Å²) in [6.07, 6.45) is 1.87. The molecule has 30 heavy (non-hydrogen) atoms. The van der Waals surface area contributed by atoms with Gasteiger partial charge in [-0.1, -0.05) is 36.4 Å². The standard InChI is InChI=1S/C22H17N3O5/c1-13(26)24-17(10-14-5-3-2-4-6-14)21(28)25-20(27)16(23-22(24)25)9-15-7-8-18-19(11-15)30-12-29-18/h2-9,11,17H,10,12H2,1H3/b16-9-/t17-/m1/s1. The minimum atomic E-state index is -0.792. The van der Waals surface area contributed by atoms with Crippen molar-refractivity contribution in [2.75, 3.05) is 6.79 Å². The topological polar surface area (TPSA) is 88.5 Å². The Morgan fingerprint density at radius 3 is 2.67 bits per heavy atom. The Labute approximate surface area is 172 Å². The number of nitrogens with zero attached hydrogens (tertiary/aromatic N) is 3. The van der Waals surface area contributed by atoms with Crippen molar-refractivity contribution in [1.29, 1.82) is 0 Å². The highest BCUT2D eigenvalue weighted by atomic mass is 16.7. The number of fused-ring (bicyclic) bond motifs is 2. The summed E-state index contributed by atoms with van der Waals surface area (Å²) in [6.45, 7) is 1.51. The van der Waals surface area contributed by atoms with Gasteiger partial charge in [-0.05, 0) is 29.3 Å². The Morgan fingerprint density at radius 2 is 1.90 bits per heavy atom. The van der Waals surface area contributed by atoms with Crippen LogP contribution in [0.1, 0.15) is 18.1 Å². The molecule has 0 unspecified atom stereocenters. The molecule has 2 aromatic rings. The predicted molar refractivity (Wildman–Crippen MR) is 106 cm³/mol. The average Bonchev–Trinajstić information content (AvgIpc) is 3.39. The van der Waals surface area contributed by atoms with E-state index in [-0.39, 0.29) is 24.4 Å². The molecule has 3 heterocycles. The van der Waals surface area contributed by atoms with E-state index in [0.29, 0.717) is 23.5 Å². The van der Waals surface area contributed by atoms with Crippen LogP contribution in [-0.4, -0.2) is 46.3 Å². The van der Waals surface area contributed by atoms with Gasteiger partial charge in [0.05, 0.1) is 0 Å². The third-order valence-electron chi connectivity index (χ3n) is 5.19. The Morgan fingerprint density at radius 1 is 1.13 bits per heavy atom. The summed E-state index contributed by atoms with van der Waals surface area (Å²) in [5, 5.41) is 0. The van der Waals surface area contributed by atoms with E-state index in [1.54, 1.807) is 24.3 Å². The lowest BCUT2D eigenvalue weighted by Crippen LogP contribution is -2.40. The first kappa shape index (κ1) is 18.1. The molecule has 3 aliphatic heterocycles. The maximum atomic E-state index is 13.0. The molecule has 5 rings (SSSR count). The van der Waals surface area contributed by atoms with Gasteiger partial charge < -0.3 is 9.47 Å². The van der Waals surface area contributed by atoms with E-state index >= 15 is 0 Å². The number of rotatable bonds is 3. The zero-order valence-electron chi connectivity index (χ0n) is 16.1. The predicted octanol–water partition coefficient (Wildman–Crippen LogP) is 1.95. The average molecular weight is 403 g/mol. The van der Waals surface area contributed by atoms with Crippen LogP contribution in [0.25, 0.3) is 6.08 Å². The third kappa shape index (κ3) is 2.85. The molecule has 2 aromatic carbocycles. The van der Waals surface area contributed by atoms with Gasteiger partial charge in [0.15, 0.2) is 11.5 Å². The smallest absolute Gasteiger partial charge is 0.286 e. The van der Waals surface area contributed by atoms with Gasteiger partial charge in [0.2, 0.25) is 18.7 Å². The zero-order valence-corrected chi connectivity index (χ0v) is 16.1. The summed E-state index contributed by atoms with van der Waals surface area (Å²) in [7, 11) is 0. The van der Waals surface area contributed by atoms with E-state index in [1.165, 1.54) is 11.8 Å². The molecule has 8 nitrogen and oxygen atoms in total. The van der Waals surface area contributed by atoms with Crippen molar-refractivity contribution >= 4 is 29.8 Å². The van der Waals surface area contributed by atoms with Crippen LogP contribution in [-0.2, 0) is 20.8 Å². The van der Waals surface area contributed by atoms with Gasteiger partial charge in [-0.25, -0.2) is 9.89 Å². The van der Waals surface area contributed by atoms with Crippen LogP contribution in [0.5, 0.6) is 11.5 Å². The van der Waals surface area contributed by atoms with Crippen molar-refractivity contribution in [2.24, 2.45) is 4.99 Å². The lowest BCUT2D eigenvalue weighted by molar-refractivity contribution is -0.138. The van der Waals surface area contributed by atoms with Gasteiger partial charge in [0.25, 0.3) is 11.8 Å². The Hall–Kier alpha value is -3.94. The number of ether oxygens (including phenoxy) is 2. The lowest BCUT2D eigenvalue weighted by atomic mass is 10.0. The summed E-state index contributed by atoms with van der Waals surface area (Å²) in [4.78, 5) is 44.9. The fraction of sp³-hybridized carbons (Fsp3) is 0.182. The number of aliphatic imine (C=N–C) groups is 1. The summed E-state index contributed by atoms with van der Waals surface area (Å²) < 4.78 is 10.6. The number of benzene rings is 2. The third-order valence-corrected chi connectivity index (χ3v) is 5.19. The highest BCUT2D eigenvalue weighted by Gasteiger charge is 2.52. The fourth-order valence-electron chi connectivity index (χ4n) is 3.80. The normalized spacial score (nSPS) is 20.8. The molecule has 0 radical (unpaired) electrons. The van der Waals surface area contributed by atoms with Gasteiger partial charge in [0.1, 0.15) is 11.7 Å². The second kappa shape index (κ2) is 6.84. The Bertz CT molecular complexity index is 1140. The number of hydrogen-bond donors (Lipinski definition) is 0. The monoisotopic (exact) mass is 403 g/mol. The molecule has 8 heteroatoms. The molecular weight excluding hydrogens is 386 g/mol. The second-order valence-electron chi connectivity index (χ2n) is 7.13. The lowest BCUT2D eigenvalue weighted by Gasteiger charge is -2.19. The maximum absolute atomic E-state index is 13.0. The molecule has 0 saturated carbocycles. The van der Waals surface area contributed by atoms with Gasteiger partial charge in [-0.15, -0.1) is 0 Å². The Balaban J connectivity index is 1.49. The van der Waals surface area contributed by atoms with E-state index < -0.39 is 17.9 Å². The van der Waals surface area contributed by atoms with Crippen LogP contribution in [0.15, 0.2) is 59.2 Å². The minimum absolute atomic E-state index is 0.0606. The second-order valence-corrected chi connectivity index (χ2v) is 7.13. The zero-order chi connectivity index (χ0) is 20.8. The number of guanidine groups is 1. The van der Waals surface area contributed by atoms with Crippen LogP contribution < -0.4 is 9.47 Å². The van der Waals surface area contributed by atoms with E-state index in [9.17, 15) is 14.4 Å². The van der Waals surface area contributed by atoms with Crippen LogP contribution >= 0.6 is 0 Å².